The van der Waals surface area contributed by atoms with Gasteiger partial charge >= 0.3 is 11.9 Å². The van der Waals surface area contributed by atoms with Gasteiger partial charge in [0.2, 0.25) is 11.8 Å². The van der Waals surface area contributed by atoms with Crippen LogP contribution in [0.1, 0.15) is 135 Å². The Morgan fingerprint density at radius 2 is 1.24 bits per heavy atom. The number of anilines is 2. The van der Waals surface area contributed by atoms with Crippen molar-refractivity contribution in [1.82, 2.24) is 20.1 Å². The van der Waals surface area contributed by atoms with Gasteiger partial charge in [-0.1, -0.05) is 61.8 Å². The molecular weight excluding hydrogens is 992 g/mol. The van der Waals surface area contributed by atoms with Gasteiger partial charge in [-0.15, -0.1) is 0 Å². The zero-order valence-electron chi connectivity index (χ0n) is 45.9. The lowest BCUT2D eigenvalue weighted by Gasteiger charge is -2.32. The molecule has 414 valence electrons. The molecule has 0 radical (unpaired) electrons. The number of amides is 4. The number of hydrogen-bond acceptors (Lipinski definition) is 13. The fourth-order valence-corrected chi connectivity index (χ4v) is 7.93. The van der Waals surface area contributed by atoms with Gasteiger partial charge in [-0.05, 0) is 132 Å². The number of likely N-dealkylation sites (N-methyl/N-ethyl adjacent to an activating group) is 1. The van der Waals surface area contributed by atoms with Crippen LogP contribution < -0.4 is 16.0 Å². The molecule has 0 fully saturated rings. The Morgan fingerprint density at radius 1 is 0.632 bits per heavy atom. The third kappa shape index (κ3) is 23.8. The van der Waals surface area contributed by atoms with E-state index in [1.807, 2.05) is 84.0 Å². The topological polar surface area (TPSA) is 204 Å². The summed E-state index contributed by atoms with van der Waals surface area (Å²) in [4.78, 5) is 85.3. The molecule has 1 aromatic heterocycles. The Morgan fingerprint density at radius 3 is 1.86 bits per heavy atom. The van der Waals surface area contributed by atoms with Crippen molar-refractivity contribution < 1.29 is 52.5 Å². The van der Waals surface area contributed by atoms with Crippen molar-refractivity contribution in [1.29, 1.82) is 0 Å². The summed E-state index contributed by atoms with van der Waals surface area (Å²) < 4.78 is 27.1. The summed E-state index contributed by atoms with van der Waals surface area (Å²) in [6.07, 6.45) is 3.55. The Balaban J connectivity index is 1.20. The van der Waals surface area contributed by atoms with Crippen LogP contribution in [-0.4, -0.2) is 134 Å². The first-order valence-electron chi connectivity index (χ1n) is 26.1. The number of hydrogen-bond donors (Lipinski definition) is 3. The minimum atomic E-state index is -0.568. The minimum Gasteiger partial charge on any atom is -0.460 e. The zero-order valence-corrected chi connectivity index (χ0v) is 46.6. The maximum atomic E-state index is 13.8. The van der Waals surface area contributed by atoms with E-state index in [9.17, 15) is 28.8 Å². The van der Waals surface area contributed by atoms with E-state index in [2.05, 4.69) is 39.7 Å². The normalized spacial score (nSPS) is 11.6. The predicted molar refractivity (Wildman–Crippen MR) is 295 cm³/mol. The molecule has 4 amide bonds. The number of aryl methyl sites for hydroxylation is 2. The smallest absolute Gasteiger partial charge is 0.338 e. The summed E-state index contributed by atoms with van der Waals surface area (Å²) in [5.41, 5.74) is 3.50. The Labute approximate surface area is 454 Å². The number of rotatable bonds is 31. The SMILES string of the molecule is CCC(CC)N(CCN(C)C(=O)CCC(=O)NCCOCCOCCOCCC(=O)OC(C)(C)C)Cc1cccc(C(=O)Nc2ccc(Cl)nc2C(=O)Nc2ccc(CCc3ccc(C(=O)OC(C)(C)C)cc3)cc2)c1. The first kappa shape index (κ1) is 62.3. The number of nitrogens with one attached hydrogen (secondary N) is 3. The van der Waals surface area contributed by atoms with Crippen LogP contribution >= 0.6 is 11.6 Å². The molecular formula is C58H79ClN6O11. The van der Waals surface area contributed by atoms with Crippen LogP contribution in [0.2, 0.25) is 5.15 Å². The zero-order chi connectivity index (χ0) is 55.7. The van der Waals surface area contributed by atoms with Gasteiger partial charge in [0.05, 0.1) is 57.3 Å². The molecule has 0 aliphatic rings. The summed E-state index contributed by atoms with van der Waals surface area (Å²) >= 11 is 6.26. The van der Waals surface area contributed by atoms with Crippen molar-refractivity contribution in [2.24, 2.45) is 0 Å². The summed E-state index contributed by atoms with van der Waals surface area (Å²) in [6.45, 7) is 19.0. The fraction of sp³-hybridized carbons (Fsp3) is 0.500. The molecule has 0 bridgehead atoms. The lowest BCUT2D eigenvalue weighted by Crippen LogP contribution is -2.41. The average molecular weight is 1070 g/mol. The van der Waals surface area contributed by atoms with Crippen molar-refractivity contribution in [2.45, 2.75) is 124 Å². The van der Waals surface area contributed by atoms with E-state index in [1.54, 1.807) is 48.3 Å². The van der Waals surface area contributed by atoms with E-state index >= 15 is 0 Å². The fourth-order valence-electron chi connectivity index (χ4n) is 7.78. The van der Waals surface area contributed by atoms with E-state index in [-0.39, 0.29) is 72.2 Å². The highest BCUT2D eigenvalue weighted by atomic mass is 35.5. The van der Waals surface area contributed by atoms with Gasteiger partial charge in [0.25, 0.3) is 11.8 Å². The van der Waals surface area contributed by atoms with Crippen LogP contribution in [0.15, 0.2) is 84.9 Å². The molecule has 17 nitrogen and oxygen atoms in total. The first-order valence-corrected chi connectivity index (χ1v) is 26.5. The van der Waals surface area contributed by atoms with Gasteiger partial charge in [0.1, 0.15) is 16.4 Å². The monoisotopic (exact) mass is 1070 g/mol. The summed E-state index contributed by atoms with van der Waals surface area (Å²) in [5.74, 6) is -2.03. The number of halogens is 1. The van der Waals surface area contributed by atoms with E-state index in [0.29, 0.717) is 76.0 Å². The second kappa shape index (κ2) is 31.7. The number of nitrogens with zero attached hydrogens (tertiary/aromatic N) is 3. The second-order valence-corrected chi connectivity index (χ2v) is 20.7. The Bertz CT molecular complexity index is 2490. The lowest BCUT2D eigenvalue weighted by atomic mass is 10.0. The van der Waals surface area contributed by atoms with Gasteiger partial charge < -0.3 is 44.5 Å². The first-order chi connectivity index (χ1) is 36.1. The van der Waals surface area contributed by atoms with Crippen LogP contribution in [0.5, 0.6) is 0 Å². The molecule has 0 aliphatic heterocycles. The Kier molecular flexibility index (Phi) is 26.0. The molecule has 3 aromatic carbocycles. The highest BCUT2D eigenvalue weighted by molar-refractivity contribution is 6.29. The summed E-state index contributed by atoms with van der Waals surface area (Å²) in [6, 6.07) is 25.4. The minimum absolute atomic E-state index is 0.0481. The number of esters is 2. The molecule has 0 spiro atoms. The maximum Gasteiger partial charge on any atom is 0.338 e. The van der Waals surface area contributed by atoms with E-state index in [1.165, 1.54) is 6.07 Å². The van der Waals surface area contributed by atoms with Crippen LogP contribution in [0, 0.1) is 0 Å². The van der Waals surface area contributed by atoms with Crippen molar-refractivity contribution in [3.63, 3.8) is 0 Å². The highest BCUT2D eigenvalue weighted by Crippen LogP contribution is 2.22. The second-order valence-electron chi connectivity index (χ2n) is 20.3. The molecule has 0 saturated heterocycles. The molecule has 18 heteroatoms. The quantitative estimate of drug-likeness (QED) is 0.0245. The molecule has 3 N–H and O–H groups in total. The number of pyridine rings is 1. The van der Waals surface area contributed by atoms with Crippen LogP contribution in [-0.2, 0) is 57.5 Å². The van der Waals surface area contributed by atoms with Crippen molar-refractivity contribution in [2.75, 3.05) is 77.0 Å². The molecule has 4 aromatic rings. The molecule has 76 heavy (non-hydrogen) atoms. The highest BCUT2D eigenvalue weighted by Gasteiger charge is 2.22. The molecule has 0 atom stereocenters. The van der Waals surface area contributed by atoms with Crippen molar-refractivity contribution in [3.8, 4) is 0 Å². The van der Waals surface area contributed by atoms with Crippen molar-refractivity contribution >= 4 is 58.5 Å². The maximum absolute atomic E-state index is 13.8. The molecule has 1 heterocycles. The van der Waals surface area contributed by atoms with Crippen molar-refractivity contribution in [3.05, 3.63) is 124 Å². The molecule has 0 unspecified atom stereocenters. The van der Waals surface area contributed by atoms with Crippen LogP contribution in [0.25, 0.3) is 0 Å². The summed E-state index contributed by atoms with van der Waals surface area (Å²) in [7, 11) is 1.74. The molecule has 0 saturated carbocycles. The van der Waals surface area contributed by atoms with E-state index in [4.69, 9.17) is 35.3 Å². The number of carbonyl (C=O) groups excluding carboxylic acids is 6. The largest absolute Gasteiger partial charge is 0.460 e. The number of benzene rings is 3. The van der Waals surface area contributed by atoms with Gasteiger partial charge in [0.15, 0.2) is 5.69 Å². The Hall–Kier alpha value is -6.24. The third-order valence-electron chi connectivity index (χ3n) is 11.8. The average Bonchev–Trinajstić information content (AvgIpc) is 3.37. The van der Waals surface area contributed by atoms with Gasteiger partial charge in [-0.3, -0.25) is 28.9 Å². The van der Waals surface area contributed by atoms with E-state index < -0.39 is 23.0 Å². The van der Waals surface area contributed by atoms with Crippen LogP contribution in [0.4, 0.5) is 11.4 Å². The van der Waals surface area contributed by atoms with Gasteiger partial charge in [-0.25, -0.2) is 9.78 Å². The number of carbonyl (C=O) groups is 6. The number of aromatic nitrogens is 1. The third-order valence-corrected chi connectivity index (χ3v) is 12.0. The predicted octanol–water partition coefficient (Wildman–Crippen LogP) is 9.11. The molecule has 4 rings (SSSR count). The standard InChI is InChI=1S/C58H79ClN6O11/c1-10-47(11-2)65(32-31-64(9)51(67)28-27-50(66)60-30-34-73-36-38-74-37-35-72-33-29-52(68)75-57(3,4)5)40-43-13-12-14-45(39-43)54(69)62-48-25-26-49(59)63-53(48)55(70)61-46-23-19-42(20-24-46)16-15-41-17-21-44(22-18-41)56(71)76-58(6,7)8/h12-14,17-26,39,47H,10-11,15-16,27-38,40H2,1-9H3,(H,60,66)(H,61,70)(H,62,69). The number of ether oxygens (including phenoxy) is 5. The van der Waals surface area contributed by atoms with Gasteiger partial charge in [0, 0.05) is 63.4 Å². The lowest BCUT2D eigenvalue weighted by molar-refractivity contribution is -0.156. The molecule has 0 aliphatic carbocycles. The summed E-state index contributed by atoms with van der Waals surface area (Å²) in [5, 5.41) is 8.60. The van der Waals surface area contributed by atoms with Crippen LogP contribution in [0.3, 0.4) is 0 Å². The van der Waals surface area contributed by atoms with Gasteiger partial charge in [-0.2, -0.15) is 0 Å². The van der Waals surface area contributed by atoms with E-state index in [0.717, 1.165) is 42.4 Å².